The number of nitrogens with one attached hydrogen (secondary N) is 1. The minimum Gasteiger partial charge on any atom is -0.378 e. The van der Waals surface area contributed by atoms with Crippen LogP contribution in [-0.2, 0) is 9.53 Å². The topological polar surface area (TPSA) is 38.3 Å². The Hall–Kier alpha value is -0.280. The molecule has 0 radical (unpaired) electrons. The van der Waals surface area contributed by atoms with E-state index >= 15 is 0 Å². The minimum absolute atomic E-state index is 0.116. The van der Waals surface area contributed by atoms with Crippen molar-refractivity contribution >= 4 is 17.5 Å². The summed E-state index contributed by atoms with van der Waals surface area (Å²) in [5.74, 6) is 0.754. The highest BCUT2D eigenvalue weighted by molar-refractivity contribution is 6.21. The van der Waals surface area contributed by atoms with Gasteiger partial charge in [-0.05, 0) is 44.4 Å². The van der Waals surface area contributed by atoms with E-state index in [0.29, 0.717) is 25.0 Å². The molecular weight excluding hydrogens is 238 g/mol. The fraction of sp³-hybridized carbons (Fsp3) is 0.923. The van der Waals surface area contributed by atoms with Gasteiger partial charge in [-0.1, -0.05) is 0 Å². The second-order valence-corrected chi connectivity index (χ2v) is 5.75. The lowest BCUT2D eigenvalue weighted by Gasteiger charge is -2.22. The number of hydrogen-bond acceptors (Lipinski definition) is 2. The average Bonchev–Trinajstić information content (AvgIpc) is 3.19. The van der Waals surface area contributed by atoms with Crippen molar-refractivity contribution in [1.82, 2.24) is 5.32 Å². The molecule has 2 atom stereocenters. The first-order valence-electron chi connectivity index (χ1n) is 6.78. The maximum absolute atomic E-state index is 11.6. The van der Waals surface area contributed by atoms with Gasteiger partial charge in [-0.15, -0.1) is 11.6 Å². The summed E-state index contributed by atoms with van der Waals surface area (Å²) in [7, 11) is 0. The van der Waals surface area contributed by atoms with E-state index in [1.807, 2.05) is 0 Å². The van der Waals surface area contributed by atoms with Crippen LogP contribution in [0.15, 0.2) is 0 Å². The zero-order valence-electron chi connectivity index (χ0n) is 10.3. The number of carbonyl (C=O) groups is 1. The molecule has 0 bridgehead atoms. The van der Waals surface area contributed by atoms with Gasteiger partial charge >= 0.3 is 0 Å². The zero-order valence-corrected chi connectivity index (χ0v) is 11.0. The van der Waals surface area contributed by atoms with Gasteiger partial charge in [0.25, 0.3) is 0 Å². The maximum atomic E-state index is 11.6. The normalized spacial score (nSPS) is 26.5. The highest BCUT2D eigenvalue weighted by atomic mass is 35.5. The molecule has 0 aromatic rings. The third kappa shape index (κ3) is 4.84. The molecule has 98 valence electrons. The van der Waals surface area contributed by atoms with E-state index in [1.165, 1.54) is 19.3 Å². The van der Waals surface area contributed by atoms with Crippen molar-refractivity contribution < 1.29 is 9.53 Å². The van der Waals surface area contributed by atoms with Gasteiger partial charge < -0.3 is 10.1 Å². The first-order chi connectivity index (χ1) is 8.25. The third-order valence-corrected chi connectivity index (χ3v) is 4.11. The lowest BCUT2D eigenvalue weighted by Crippen LogP contribution is -2.31. The van der Waals surface area contributed by atoms with Crippen molar-refractivity contribution in [3.05, 3.63) is 0 Å². The summed E-state index contributed by atoms with van der Waals surface area (Å²) in [4.78, 5) is 11.6. The Morgan fingerprint density at radius 3 is 2.82 bits per heavy atom. The molecule has 4 heteroatoms. The molecule has 3 nitrogen and oxygen atoms in total. The predicted octanol–water partition coefficient (Wildman–Crippen LogP) is 2.47. The summed E-state index contributed by atoms with van der Waals surface area (Å²) in [5.41, 5.74) is 0. The van der Waals surface area contributed by atoms with Crippen LogP contribution in [0.1, 0.15) is 44.9 Å². The van der Waals surface area contributed by atoms with Crippen LogP contribution in [0.25, 0.3) is 0 Å². The van der Waals surface area contributed by atoms with Crippen LogP contribution in [0.3, 0.4) is 0 Å². The fourth-order valence-electron chi connectivity index (χ4n) is 2.25. The van der Waals surface area contributed by atoms with E-state index in [4.69, 9.17) is 16.3 Å². The number of rotatable bonds is 6. The Balaban J connectivity index is 1.53. The molecule has 1 heterocycles. The van der Waals surface area contributed by atoms with E-state index < -0.39 is 0 Å². The molecule has 2 unspecified atom stereocenters. The molecule has 2 rings (SSSR count). The highest BCUT2D eigenvalue weighted by Crippen LogP contribution is 2.35. The summed E-state index contributed by atoms with van der Waals surface area (Å²) in [6, 6.07) is 0. The molecule has 1 saturated heterocycles. The van der Waals surface area contributed by atoms with E-state index in [1.54, 1.807) is 0 Å². The van der Waals surface area contributed by atoms with E-state index in [2.05, 4.69) is 5.32 Å². The molecule has 2 fully saturated rings. The summed E-state index contributed by atoms with van der Waals surface area (Å²) in [6.45, 7) is 1.48. The lowest BCUT2D eigenvalue weighted by atomic mass is 10.0. The number of ether oxygens (including phenoxy) is 1. The minimum atomic E-state index is 0.116. The molecule has 1 aliphatic carbocycles. The molecule has 0 spiro atoms. The summed E-state index contributed by atoms with van der Waals surface area (Å²) < 4.78 is 5.60. The van der Waals surface area contributed by atoms with Crippen molar-refractivity contribution in [3.63, 3.8) is 0 Å². The van der Waals surface area contributed by atoms with Crippen LogP contribution in [0, 0.1) is 5.92 Å². The monoisotopic (exact) mass is 259 g/mol. The number of amides is 1. The summed E-state index contributed by atoms with van der Waals surface area (Å²) in [5, 5.41) is 3.05. The van der Waals surface area contributed by atoms with Gasteiger partial charge in [0.15, 0.2) is 0 Å². The van der Waals surface area contributed by atoms with Crippen LogP contribution in [0.2, 0.25) is 0 Å². The number of halogens is 1. The third-order valence-electron chi connectivity index (χ3n) is 3.60. The standard InChI is InChI=1S/C13H22ClNO2/c14-12(10-4-5-10)9-15-13(16)7-6-11-3-1-2-8-17-11/h10-12H,1-9H2,(H,15,16). The smallest absolute Gasteiger partial charge is 0.220 e. The highest BCUT2D eigenvalue weighted by Gasteiger charge is 2.29. The van der Waals surface area contributed by atoms with Crippen molar-refractivity contribution in [2.45, 2.75) is 56.4 Å². The van der Waals surface area contributed by atoms with Crippen LogP contribution < -0.4 is 5.32 Å². The van der Waals surface area contributed by atoms with Gasteiger partial charge in [-0.25, -0.2) is 0 Å². The van der Waals surface area contributed by atoms with Crippen LogP contribution in [0.4, 0.5) is 0 Å². The van der Waals surface area contributed by atoms with Crippen molar-refractivity contribution in [1.29, 1.82) is 0 Å². The summed E-state index contributed by atoms with van der Waals surface area (Å²) >= 11 is 6.13. The molecule has 1 N–H and O–H groups in total. The van der Waals surface area contributed by atoms with Crippen LogP contribution >= 0.6 is 11.6 Å². The first kappa shape index (κ1) is 13.2. The molecule has 1 saturated carbocycles. The Kier molecular flexibility index (Phi) is 5.11. The molecule has 0 aromatic heterocycles. The van der Waals surface area contributed by atoms with Gasteiger partial charge in [0, 0.05) is 19.6 Å². The average molecular weight is 260 g/mol. The van der Waals surface area contributed by atoms with E-state index in [9.17, 15) is 4.79 Å². The van der Waals surface area contributed by atoms with Gasteiger partial charge in [0.2, 0.25) is 5.91 Å². The van der Waals surface area contributed by atoms with Gasteiger partial charge in [-0.3, -0.25) is 4.79 Å². The zero-order chi connectivity index (χ0) is 12.1. The fourth-order valence-corrected chi connectivity index (χ4v) is 2.58. The second kappa shape index (κ2) is 6.60. The number of carbonyl (C=O) groups excluding carboxylic acids is 1. The molecule has 1 aliphatic heterocycles. The van der Waals surface area contributed by atoms with Crippen molar-refractivity contribution in [2.75, 3.05) is 13.2 Å². The Bertz CT molecular complexity index is 250. The molecule has 1 amide bonds. The molecular formula is C13H22ClNO2. The largest absolute Gasteiger partial charge is 0.378 e. The second-order valence-electron chi connectivity index (χ2n) is 5.18. The number of hydrogen-bond donors (Lipinski definition) is 1. The van der Waals surface area contributed by atoms with Crippen LogP contribution in [-0.4, -0.2) is 30.5 Å². The first-order valence-corrected chi connectivity index (χ1v) is 7.21. The number of alkyl halides is 1. The Morgan fingerprint density at radius 1 is 1.35 bits per heavy atom. The van der Waals surface area contributed by atoms with Gasteiger partial charge in [0.05, 0.1) is 11.5 Å². The quantitative estimate of drug-likeness (QED) is 0.745. The Morgan fingerprint density at radius 2 is 2.18 bits per heavy atom. The van der Waals surface area contributed by atoms with Gasteiger partial charge in [-0.2, -0.15) is 0 Å². The predicted molar refractivity (Wildman–Crippen MR) is 68.2 cm³/mol. The molecule has 2 aliphatic rings. The Labute approximate surface area is 108 Å². The van der Waals surface area contributed by atoms with E-state index in [-0.39, 0.29) is 11.3 Å². The molecule has 17 heavy (non-hydrogen) atoms. The lowest BCUT2D eigenvalue weighted by molar-refractivity contribution is -0.122. The van der Waals surface area contributed by atoms with Gasteiger partial charge in [0.1, 0.15) is 0 Å². The van der Waals surface area contributed by atoms with E-state index in [0.717, 1.165) is 25.9 Å². The van der Waals surface area contributed by atoms with Crippen molar-refractivity contribution in [2.24, 2.45) is 5.92 Å². The SMILES string of the molecule is O=C(CCC1CCCCO1)NCC(Cl)C1CC1. The maximum Gasteiger partial charge on any atom is 0.220 e. The summed E-state index contributed by atoms with van der Waals surface area (Å²) in [6.07, 6.45) is 7.66. The molecule has 0 aromatic carbocycles. The van der Waals surface area contributed by atoms with Crippen LogP contribution in [0.5, 0.6) is 0 Å². The van der Waals surface area contributed by atoms with Crippen molar-refractivity contribution in [3.8, 4) is 0 Å².